The van der Waals surface area contributed by atoms with Crippen LogP contribution in [0.15, 0.2) is 70.7 Å². The number of nitro benzene ring substituents is 1. The molecule has 0 bridgehead atoms. The topological polar surface area (TPSA) is 141 Å². The van der Waals surface area contributed by atoms with Crippen molar-refractivity contribution in [2.45, 2.75) is 4.90 Å². The number of nitrogens with one attached hydrogen (secondary N) is 2. The Morgan fingerprint density at radius 1 is 0.912 bits per heavy atom. The molecule has 0 saturated carbocycles. The highest BCUT2D eigenvalue weighted by molar-refractivity contribution is 7.92. The summed E-state index contributed by atoms with van der Waals surface area (Å²) in [6.07, 6.45) is 1.42. The second-order valence-electron chi connectivity index (χ2n) is 6.75. The molecular formula is C22H22N4O7S. The van der Waals surface area contributed by atoms with Gasteiger partial charge in [0.25, 0.3) is 15.7 Å². The van der Waals surface area contributed by atoms with Crippen LogP contribution in [-0.4, -0.2) is 40.9 Å². The van der Waals surface area contributed by atoms with Crippen LogP contribution in [0, 0.1) is 10.1 Å². The number of rotatable bonds is 10. The zero-order valence-electron chi connectivity index (χ0n) is 18.5. The van der Waals surface area contributed by atoms with Gasteiger partial charge in [0.05, 0.1) is 38.2 Å². The monoisotopic (exact) mass is 486 g/mol. The predicted molar refractivity (Wildman–Crippen MR) is 128 cm³/mol. The van der Waals surface area contributed by atoms with E-state index < -0.39 is 14.9 Å². The van der Waals surface area contributed by atoms with Crippen LogP contribution in [0.4, 0.5) is 17.1 Å². The second-order valence-corrected chi connectivity index (χ2v) is 8.40. The lowest BCUT2D eigenvalue weighted by Crippen LogP contribution is -2.15. The van der Waals surface area contributed by atoms with E-state index in [-0.39, 0.29) is 22.0 Å². The Labute approximate surface area is 196 Å². The number of methoxy groups -OCH3 is 3. The van der Waals surface area contributed by atoms with E-state index in [0.29, 0.717) is 22.8 Å². The molecule has 3 aromatic carbocycles. The maximum atomic E-state index is 13.1. The van der Waals surface area contributed by atoms with Crippen LogP contribution in [-0.2, 0) is 10.0 Å². The quantitative estimate of drug-likeness (QED) is 0.250. The third-order valence-corrected chi connectivity index (χ3v) is 6.06. The second kappa shape index (κ2) is 10.5. The molecule has 0 aliphatic rings. The summed E-state index contributed by atoms with van der Waals surface area (Å²) in [6, 6.07) is 14.7. The first-order chi connectivity index (χ1) is 16.3. The number of hydrogen-bond donors (Lipinski definition) is 2. The Balaban J connectivity index is 1.92. The average Bonchev–Trinajstić information content (AvgIpc) is 2.84. The maximum absolute atomic E-state index is 13.1. The number of sulfonamides is 1. The molecule has 12 heteroatoms. The summed E-state index contributed by atoms with van der Waals surface area (Å²) in [5, 5.41) is 15.3. The van der Waals surface area contributed by atoms with Crippen molar-refractivity contribution in [2.75, 3.05) is 31.5 Å². The smallest absolute Gasteiger partial charge is 0.270 e. The minimum Gasteiger partial charge on any atom is -0.497 e. The van der Waals surface area contributed by atoms with E-state index in [0.717, 1.165) is 6.07 Å². The van der Waals surface area contributed by atoms with Crippen molar-refractivity contribution in [3.05, 3.63) is 76.3 Å². The zero-order chi connectivity index (χ0) is 24.7. The Morgan fingerprint density at radius 3 is 2.21 bits per heavy atom. The van der Waals surface area contributed by atoms with E-state index in [2.05, 4.69) is 15.2 Å². The highest BCUT2D eigenvalue weighted by Crippen LogP contribution is 2.29. The molecule has 0 fully saturated rings. The van der Waals surface area contributed by atoms with Crippen LogP contribution in [0.3, 0.4) is 0 Å². The first kappa shape index (κ1) is 24.3. The third-order valence-electron chi connectivity index (χ3n) is 4.64. The first-order valence-corrected chi connectivity index (χ1v) is 11.2. The van der Waals surface area contributed by atoms with E-state index in [1.54, 1.807) is 30.3 Å². The van der Waals surface area contributed by atoms with Crippen molar-refractivity contribution in [3.63, 3.8) is 0 Å². The fourth-order valence-corrected chi connectivity index (χ4v) is 4.14. The van der Waals surface area contributed by atoms with Gasteiger partial charge < -0.3 is 14.2 Å². The highest BCUT2D eigenvalue weighted by atomic mass is 32.2. The van der Waals surface area contributed by atoms with Crippen molar-refractivity contribution >= 4 is 33.3 Å². The number of ether oxygens (including phenoxy) is 3. The van der Waals surface area contributed by atoms with E-state index >= 15 is 0 Å². The molecule has 0 unspecified atom stereocenters. The molecule has 178 valence electrons. The van der Waals surface area contributed by atoms with Crippen LogP contribution in [0.25, 0.3) is 0 Å². The fourth-order valence-electron chi connectivity index (χ4n) is 2.90. The van der Waals surface area contributed by atoms with Gasteiger partial charge in [0.2, 0.25) is 0 Å². The largest absolute Gasteiger partial charge is 0.497 e. The van der Waals surface area contributed by atoms with Crippen molar-refractivity contribution in [2.24, 2.45) is 5.10 Å². The number of nitro groups is 1. The zero-order valence-corrected chi connectivity index (χ0v) is 19.3. The molecule has 0 aromatic heterocycles. The normalized spacial score (nSPS) is 11.1. The highest BCUT2D eigenvalue weighted by Gasteiger charge is 2.23. The van der Waals surface area contributed by atoms with Gasteiger partial charge in [0, 0.05) is 29.4 Å². The molecule has 0 amide bonds. The van der Waals surface area contributed by atoms with Gasteiger partial charge in [0.15, 0.2) is 0 Å². The van der Waals surface area contributed by atoms with Gasteiger partial charge in [-0.2, -0.15) is 5.10 Å². The molecule has 0 radical (unpaired) electrons. The summed E-state index contributed by atoms with van der Waals surface area (Å²) in [6.45, 7) is 0. The Hall–Kier alpha value is -4.32. The van der Waals surface area contributed by atoms with Crippen LogP contribution in [0.1, 0.15) is 5.56 Å². The van der Waals surface area contributed by atoms with Crippen LogP contribution < -0.4 is 24.4 Å². The van der Waals surface area contributed by atoms with Gasteiger partial charge in [-0.15, -0.1) is 0 Å². The van der Waals surface area contributed by atoms with E-state index in [4.69, 9.17) is 14.2 Å². The molecule has 11 nitrogen and oxygen atoms in total. The number of hydrogen-bond acceptors (Lipinski definition) is 9. The molecule has 3 rings (SSSR count). The molecule has 3 aromatic rings. The fraction of sp³-hybridized carbons (Fsp3) is 0.136. The lowest BCUT2D eigenvalue weighted by atomic mass is 10.2. The Bertz CT molecular complexity index is 1310. The van der Waals surface area contributed by atoms with Crippen molar-refractivity contribution in [1.29, 1.82) is 0 Å². The summed E-state index contributed by atoms with van der Waals surface area (Å²) in [4.78, 5) is 10.2. The summed E-state index contributed by atoms with van der Waals surface area (Å²) >= 11 is 0. The molecule has 0 saturated heterocycles. The molecule has 0 spiro atoms. The van der Waals surface area contributed by atoms with Crippen molar-refractivity contribution in [1.82, 2.24) is 0 Å². The van der Waals surface area contributed by atoms with E-state index in [1.165, 1.54) is 51.8 Å². The molecule has 34 heavy (non-hydrogen) atoms. The lowest BCUT2D eigenvalue weighted by Gasteiger charge is -2.12. The first-order valence-electron chi connectivity index (χ1n) is 9.74. The van der Waals surface area contributed by atoms with Gasteiger partial charge in [-0.25, -0.2) is 8.42 Å². The minimum atomic E-state index is -4.21. The average molecular weight is 487 g/mol. The molecule has 0 aliphatic heterocycles. The number of non-ortho nitro benzene ring substituents is 1. The molecule has 0 heterocycles. The van der Waals surface area contributed by atoms with E-state index in [1.807, 2.05) is 0 Å². The summed E-state index contributed by atoms with van der Waals surface area (Å²) in [5.41, 5.74) is 3.14. The minimum absolute atomic E-state index is 0.0374. The van der Waals surface area contributed by atoms with Gasteiger partial charge in [-0.05, 0) is 42.5 Å². The Morgan fingerprint density at radius 2 is 1.59 bits per heavy atom. The van der Waals surface area contributed by atoms with Gasteiger partial charge in [-0.3, -0.25) is 20.3 Å². The molecule has 0 aliphatic carbocycles. The number of hydrazone groups is 1. The predicted octanol–water partition coefficient (Wildman–Crippen LogP) is 3.87. The maximum Gasteiger partial charge on any atom is 0.270 e. The third kappa shape index (κ3) is 5.72. The van der Waals surface area contributed by atoms with Crippen LogP contribution in [0.2, 0.25) is 0 Å². The number of anilines is 2. The Kier molecular flexibility index (Phi) is 7.53. The molecule has 0 atom stereocenters. The van der Waals surface area contributed by atoms with Crippen molar-refractivity contribution in [3.8, 4) is 17.2 Å². The van der Waals surface area contributed by atoms with Gasteiger partial charge in [-0.1, -0.05) is 0 Å². The van der Waals surface area contributed by atoms with Gasteiger partial charge >= 0.3 is 0 Å². The SMILES string of the molecule is COc1ccc(NS(=O)(=O)c2cc([N+](=O)[O-])ccc2NN=Cc2ccc(OC)cc2OC)cc1. The summed E-state index contributed by atoms with van der Waals surface area (Å²) in [5.74, 6) is 1.63. The standard InChI is InChI=1S/C22H22N4O7S/c1-31-18-9-5-16(6-10-18)25-34(29,30)22-12-17(26(27)28)7-11-20(22)24-23-14-15-4-8-19(32-2)13-21(15)33-3/h4-14,24-25H,1-3H3. The van der Waals surface area contributed by atoms with Crippen LogP contribution >= 0.6 is 0 Å². The molecule has 2 N–H and O–H groups in total. The number of benzene rings is 3. The molecular weight excluding hydrogens is 464 g/mol. The van der Waals surface area contributed by atoms with Crippen molar-refractivity contribution < 1.29 is 27.6 Å². The summed E-state index contributed by atoms with van der Waals surface area (Å²) in [7, 11) is 0.299. The summed E-state index contributed by atoms with van der Waals surface area (Å²) < 4.78 is 44.1. The van der Waals surface area contributed by atoms with Crippen LogP contribution in [0.5, 0.6) is 17.2 Å². The van der Waals surface area contributed by atoms with Gasteiger partial charge in [0.1, 0.15) is 22.1 Å². The van der Waals surface area contributed by atoms with E-state index in [9.17, 15) is 18.5 Å². The lowest BCUT2D eigenvalue weighted by molar-refractivity contribution is -0.385. The number of nitrogens with zero attached hydrogens (tertiary/aromatic N) is 2.